The van der Waals surface area contributed by atoms with Gasteiger partial charge in [0.2, 0.25) is 0 Å². The summed E-state index contributed by atoms with van der Waals surface area (Å²) in [7, 11) is 1.79. The molecule has 1 rings (SSSR count). The molecule has 15 heavy (non-hydrogen) atoms. The lowest BCUT2D eigenvalue weighted by Crippen LogP contribution is -2.42. The van der Waals surface area contributed by atoms with Gasteiger partial charge in [-0.1, -0.05) is 24.8 Å². The SMILES string of the molecule is C=C(C)CC(N)C(OC)C1CCCCC1. The maximum atomic E-state index is 6.17. The molecule has 2 nitrogen and oxygen atoms in total. The van der Waals surface area contributed by atoms with Crippen molar-refractivity contribution in [1.82, 2.24) is 0 Å². The third kappa shape index (κ3) is 3.96. The van der Waals surface area contributed by atoms with E-state index >= 15 is 0 Å². The molecule has 2 atom stereocenters. The monoisotopic (exact) mass is 211 g/mol. The molecule has 0 aromatic rings. The van der Waals surface area contributed by atoms with Gasteiger partial charge >= 0.3 is 0 Å². The quantitative estimate of drug-likeness (QED) is 0.710. The van der Waals surface area contributed by atoms with E-state index in [1.165, 1.54) is 32.1 Å². The number of nitrogens with two attached hydrogens (primary N) is 1. The summed E-state index contributed by atoms with van der Waals surface area (Å²) in [5.74, 6) is 0.665. The molecule has 0 amide bonds. The summed E-state index contributed by atoms with van der Waals surface area (Å²) < 4.78 is 5.59. The van der Waals surface area contributed by atoms with Crippen LogP contribution in [-0.4, -0.2) is 19.3 Å². The van der Waals surface area contributed by atoms with E-state index in [0.29, 0.717) is 5.92 Å². The van der Waals surface area contributed by atoms with Crippen molar-refractivity contribution in [2.75, 3.05) is 7.11 Å². The first-order valence-corrected chi connectivity index (χ1v) is 6.08. The van der Waals surface area contributed by atoms with Gasteiger partial charge in [0, 0.05) is 13.2 Å². The van der Waals surface area contributed by atoms with E-state index in [-0.39, 0.29) is 12.1 Å². The van der Waals surface area contributed by atoms with Gasteiger partial charge in [-0.15, -0.1) is 6.58 Å². The lowest BCUT2D eigenvalue weighted by atomic mass is 9.81. The number of methoxy groups -OCH3 is 1. The molecule has 1 saturated carbocycles. The highest BCUT2D eigenvalue weighted by Crippen LogP contribution is 2.29. The van der Waals surface area contributed by atoms with Crippen LogP contribution >= 0.6 is 0 Å². The Labute approximate surface area is 93.9 Å². The van der Waals surface area contributed by atoms with Crippen LogP contribution in [0, 0.1) is 5.92 Å². The van der Waals surface area contributed by atoms with Crippen molar-refractivity contribution < 1.29 is 4.74 Å². The molecule has 1 aliphatic carbocycles. The lowest BCUT2D eigenvalue weighted by Gasteiger charge is -2.33. The topological polar surface area (TPSA) is 35.2 Å². The normalized spacial score (nSPS) is 22.3. The smallest absolute Gasteiger partial charge is 0.0753 e. The Hall–Kier alpha value is -0.340. The van der Waals surface area contributed by atoms with Gasteiger partial charge in [-0.25, -0.2) is 0 Å². The lowest BCUT2D eigenvalue weighted by molar-refractivity contribution is 0.0179. The average molecular weight is 211 g/mol. The van der Waals surface area contributed by atoms with Crippen LogP contribution in [0.4, 0.5) is 0 Å². The van der Waals surface area contributed by atoms with Gasteiger partial charge < -0.3 is 10.5 Å². The molecule has 1 fully saturated rings. The molecule has 88 valence electrons. The fourth-order valence-electron chi connectivity index (χ4n) is 2.70. The molecule has 2 heteroatoms. The van der Waals surface area contributed by atoms with Crippen molar-refractivity contribution in [2.45, 2.75) is 57.6 Å². The van der Waals surface area contributed by atoms with Gasteiger partial charge in [-0.05, 0) is 32.1 Å². The molecule has 0 aromatic heterocycles. The van der Waals surface area contributed by atoms with Crippen molar-refractivity contribution in [3.63, 3.8) is 0 Å². The second kappa shape index (κ2) is 6.29. The van der Waals surface area contributed by atoms with Crippen LogP contribution in [0.3, 0.4) is 0 Å². The van der Waals surface area contributed by atoms with Crippen LogP contribution in [0.15, 0.2) is 12.2 Å². The van der Waals surface area contributed by atoms with Crippen molar-refractivity contribution in [3.05, 3.63) is 12.2 Å². The van der Waals surface area contributed by atoms with E-state index in [1.54, 1.807) is 7.11 Å². The molecule has 0 aromatic carbocycles. The van der Waals surface area contributed by atoms with Crippen LogP contribution in [0.1, 0.15) is 45.4 Å². The molecule has 0 bridgehead atoms. The Morgan fingerprint density at radius 2 is 2.00 bits per heavy atom. The van der Waals surface area contributed by atoms with Crippen LogP contribution in [0.5, 0.6) is 0 Å². The summed E-state index contributed by atoms with van der Waals surface area (Å²) in [5, 5.41) is 0. The van der Waals surface area contributed by atoms with Gasteiger partial charge in [-0.3, -0.25) is 0 Å². The minimum atomic E-state index is 0.121. The van der Waals surface area contributed by atoms with E-state index in [2.05, 4.69) is 6.58 Å². The molecular formula is C13H25NO. The molecule has 0 aliphatic heterocycles. The summed E-state index contributed by atoms with van der Waals surface area (Å²) in [5.41, 5.74) is 7.33. The predicted molar refractivity (Wildman–Crippen MR) is 64.8 cm³/mol. The third-order valence-corrected chi connectivity index (χ3v) is 3.39. The first kappa shape index (κ1) is 12.7. The molecule has 1 aliphatic rings. The first-order chi connectivity index (χ1) is 7.15. The van der Waals surface area contributed by atoms with E-state index in [0.717, 1.165) is 12.0 Å². The number of hydrogen-bond acceptors (Lipinski definition) is 2. The Morgan fingerprint density at radius 1 is 1.40 bits per heavy atom. The molecule has 2 unspecified atom stereocenters. The van der Waals surface area contributed by atoms with Crippen LogP contribution < -0.4 is 5.73 Å². The fourth-order valence-corrected chi connectivity index (χ4v) is 2.70. The number of hydrogen-bond donors (Lipinski definition) is 1. The third-order valence-electron chi connectivity index (χ3n) is 3.39. The second-order valence-corrected chi connectivity index (χ2v) is 4.92. The highest BCUT2D eigenvalue weighted by Gasteiger charge is 2.28. The summed E-state index contributed by atoms with van der Waals surface area (Å²) in [4.78, 5) is 0. The number of ether oxygens (including phenoxy) is 1. The summed E-state index contributed by atoms with van der Waals surface area (Å²) in [6.07, 6.45) is 7.72. The van der Waals surface area contributed by atoms with Gasteiger partial charge in [0.1, 0.15) is 0 Å². The zero-order valence-electron chi connectivity index (χ0n) is 10.2. The van der Waals surface area contributed by atoms with E-state index in [9.17, 15) is 0 Å². The molecule has 0 saturated heterocycles. The van der Waals surface area contributed by atoms with Gasteiger partial charge in [0.05, 0.1) is 6.10 Å². The summed E-state index contributed by atoms with van der Waals surface area (Å²) in [6.45, 7) is 5.96. The van der Waals surface area contributed by atoms with Crippen LogP contribution in [0.25, 0.3) is 0 Å². The zero-order chi connectivity index (χ0) is 11.3. The van der Waals surface area contributed by atoms with Gasteiger partial charge in [0.15, 0.2) is 0 Å². The summed E-state index contributed by atoms with van der Waals surface area (Å²) in [6, 6.07) is 0.121. The minimum Gasteiger partial charge on any atom is -0.380 e. The van der Waals surface area contributed by atoms with Crippen molar-refractivity contribution in [1.29, 1.82) is 0 Å². The zero-order valence-corrected chi connectivity index (χ0v) is 10.2. The fraction of sp³-hybridized carbons (Fsp3) is 0.846. The highest BCUT2D eigenvalue weighted by molar-refractivity contribution is 4.96. The molecule has 0 spiro atoms. The maximum Gasteiger partial charge on any atom is 0.0753 e. The van der Waals surface area contributed by atoms with Crippen LogP contribution in [0.2, 0.25) is 0 Å². The molecule has 2 N–H and O–H groups in total. The first-order valence-electron chi connectivity index (χ1n) is 6.08. The van der Waals surface area contributed by atoms with E-state index < -0.39 is 0 Å². The average Bonchev–Trinajstić information content (AvgIpc) is 2.19. The van der Waals surface area contributed by atoms with Gasteiger partial charge in [-0.2, -0.15) is 0 Å². The molecular weight excluding hydrogens is 186 g/mol. The predicted octanol–water partition coefficient (Wildman–Crippen LogP) is 2.88. The van der Waals surface area contributed by atoms with Crippen molar-refractivity contribution in [2.24, 2.45) is 11.7 Å². The Kier molecular flexibility index (Phi) is 5.34. The Morgan fingerprint density at radius 3 is 2.47 bits per heavy atom. The van der Waals surface area contributed by atoms with E-state index in [1.807, 2.05) is 6.92 Å². The highest BCUT2D eigenvalue weighted by atomic mass is 16.5. The Bertz CT molecular complexity index is 197. The van der Waals surface area contributed by atoms with Crippen LogP contribution in [-0.2, 0) is 4.74 Å². The van der Waals surface area contributed by atoms with E-state index in [4.69, 9.17) is 10.5 Å². The van der Waals surface area contributed by atoms with Crippen molar-refractivity contribution >= 4 is 0 Å². The minimum absolute atomic E-state index is 0.121. The van der Waals surface area contributed by atoms with Gasteiger partial charge in [0.25, 0.3) is 0 Å². The number of rotatable bonds is 5. The second-order valence-electron chi connectivity index (χ2n) is 4.92. The summed E-state index contributed by atoms with van der Waals surface area (Å²) >= 11 is 0. The largest absolute Gasteiger partial charge is 0.380 e. The molecule has 0 radical (unpaired) electrons. The Balaban J connectivity index is 2.48. The standard InChI is InChI=1S/C13H25NO/c1-10(2)9-12(14)13(15-3)11-7-5-4-6-8-11/h11-13H,1,4-9,14H2,2-3H3. The molecule has 0 heterocycles. The van der Waals surface area contributed by atoms with Crippen molar-refractivity contribution in [3.8, 4) is 0 Å². The maximum absolute atomic E-state index is 6.17.